The number of hydrogen-bond donors (Lipinski definition) is 1. The summed E-state index contributed by atoms with van der Waals surface area (Å²) in [5, 5.41) is 11.4. The summed E-state index contributed by atoms with van der Waals surface area (Å²) in [4.78, 5) is 2.04. The lowest BCUT2D eigenvalue weighted by molar-refractivity contribution is 0.392. The number of fused-ring (bicyclic) bond motifs is 1. The average Bonchev–Trinajstić information content (AvgIpc) is 2.30. The van der Waals surface area contributed by atoms with Gasteiger partial charge in [-0.05, 0) is 27.1 Å². The van der Waals surface area contributed by atoms with Crippen molar-refractivity contribution in [2.45, 2.75) is 13.0 Å². The van der Waals surface area contributed by atoms with Crippen LogP contribution in [0.15, 0.2) is 18.3 Å². The van der Waals surface area contributed by atoms with Crippen LogP contribution < -0.4 is 5.32 Å². The Morgan fingerprint density at radius 3 is 2.63 bits per heavy atom. The Hall–Kier alpha value is -1.82. The van der Waals surface area contributed by atoms with E-state index in [9.17, 15) is 8.78 Å². The number of rotatable bonds is 4. The van der Waals surface area contributed by atoms with Gasteiger partial charge in [0.25, 0.3) is 0 Å². The summed E-state index contributed by atoms with van der Waals surface area (Å²) in [6.07, 6.45) is 1.52. The van der Waals surface area contributed by atoms with Gasteiger partial charge in [-0.3, -0.25) is 0 Å². The van der Waals surface area contributed by atoms with E-state index in [4.69, 9.17) is 0 Å². The van der Waals surface area contributed by atoms with Gasteiger partial charge in [0, 0.05) is 24.0 Å². The van der Waals surface area contributed by atoms with E-state index in [1.54, 1.807) is 0 Å². The fourth-order valence-electron chi connectivity index (χ4n) is 2.03. The highest BCUT2D eigenvalue weighted by atomic mass is 19.2. The molecule has 0 saturated carbocycles. The van der Waals surface area contributed by atoms with Crippen LogP contribution in [0.1, 0.15) is 6.92 Å². The molecule has 0 spiro atoms. The summed E-state index contributed by atoms with van der Waals surface area (Å²) in [5.41, 5.74) is 0.985. The number of aromatic nitrogens is 2. The first-order chi connectivity index (χ1) is 8.97. The van der Waals surface area contributed by atoms with Crippen molar-refractivity contribution in [1.82, 2.24) is 15.1 Å². The molecule has 0 aliphatic heterocycles. The quantitative estimate of drug-likeness (QED) is 0.921. The van der Waals surface area contributed by atoms with Crippen LogP contribution in [0.5, 0.6) is 0 Å². The molecule has 0 aliphatic rings. The zero-order chi connectivity index (χ0) is 14.0. The van der Waals surface area contributed by atoms with E-state index in [1.165, 1.54) is 6.20 Å². The SMILES string of the molecule is CC(CN(C)C)Nc1cnnc2cc(F)c(F)cc12. The van der Waals surface area contributed by atoms with Crippen molar-refractivity contribution < 1.29 is 8.78 Å². The third-order valence-corrected chi connectivity index (χ3v) is 2.72. The van der Waals surface area contributed by atoms with Crippen LogP contribution in [0.2, 0.25) is 0 Å². The Labute approximate surface area is 110 Å². The van der Waals surface area contributed by atoms with Crippen molar-refractivity contribution in [3.05, 3.63) is 30.0 Å². The summed E-state index contributed by atoms with van der Waals surface area (Å²) in [7, 11) is 3.94. The molecule has 0 fully saturated rings. The molecule has 6 heteroatoms. The van der Waals surface area contributed by atoms with E-state index in [0.29, 0.717) is 16.6 Å². The molecule has 102 valence electrons. The largest absolute Gasteiger partial charge is 0.379 e. The molecule has 1 heterocycles. The molecule has 1 aromatic heterocycles. The van der Waals surface area contributed by atoms with Crippen LogP contribution in [0, 0.1) is 11.6 Å². The predicted octanol–water partition coefficient (Wildman–Crippen LogP) is 2.27. The number of nitrogens with one attached hydrogen (secondary N) is 1. The predicted molar refractivity (Wildman–Crippen MR) is 71.1 cm³/mol. The van der Waals surface area contributed by atoms with Gasteiger partial charge >= 0.3 is 0 Å². The lowest BCUT2D eigenvalue weighted by Crippen LogP contribution is -2.29. The monoisotopic (exact) mass is 266 g/mol. The van der Waals surface area contributed by atoms with Gasteiger partial charge in [-0.15, -0.1) is 0 Å². The molecule has 1 aromatic carbocycles. The smallest absolute Gasteiger partial charge is 0.161 e. The van der Waals surface area contributed by atoms with Crippen LogP contribution >= 0.6 is 0 Å². The number of halogens is 2. The molecule has 2 rings (SSSR count). The van der Waals surface area contributed by atoms with Gasteiger partial charge in [0.2, 0.25) is 0 Å². The minimum atomic E-state index is -0.916. The minimum absolute atomic E-state index is 0.149. The van der Waals surface area contributed by atoms with Gasteiger partial charge in [0.05, 0.1) is 17.4 Å². The third-order valence-electron chi connectivity index (χ3n) is 2.72. The van der Waals surface area contributed by atoms with Crippen molar-refractivity contribution in [3.63, 3.8) is 0 Å². The maximum Gasteiger partial charge on any atom is 0.161 e. The fourth-order valence-corrected chi connectivity index (χ4v) is 2.03. The Kier molecular flexibility index (Phi) is 3.90. The molecule has 19 heavy (non-hydrogen) atoms. The summed E-state index contributed by atoms with van der Waals surface area (Å²) >= 11 is 0. The Bertz CT molecular complexity index is 586. The van der Waals surface area contributed by atoms with Gasteiger partial charge in [0.1, 0.15) is 0 Å². The van der Waals surface area contributed by atoms with E-state index < -0.39 is 11.6 Å². The van der Waals surface area contributed by atoms with E-state index in [2.05, 4.69) is 15.5 Å². The number of anilines is 1. The molecule has 0 saturated heterocycles. The van der Waals surface area contributed by atoms with Crippen LogP contribution in [-0.4, -0.2) is 41.8 Å². The summed E-state index contributed by atoms with van der Waals surface area (Å²) < 4.78 is 26.5. The summed E-state index contributed by atoms with van der Waals surface area (Å²) in [6.45, 7) is 2.82. The third kappa shape index (κ3) is 3.14. The zero-order valence-electron chi connectivity index (χ0n) is 11.1. The molecule has 1 N–H and O–H groups in total. The highest BCUT2D eigenvalue weighted by molar-refractivity contribution is 5.90. The number of likely N-dealkylation sites (N-methyl/N-ethyl adjacent to an activating group) is 1. The van der Waals surface area contributed by atoms with Crippen LogP contribution in [0.25, 0.3) is 10.9 Å². The number of benzene rings is 1. The first kappa shape index (κ1) is 13.6. The maximum absolute atomic E-state index is 13.3. The van der Waals surface area contributed by atoms with Crippen LogP contribution in [0.4, 0.5) is 14.5 Å². The second-order valence-electron chi connectivity index (χ2n) is 4.85. The second-order valence-corrected chi connectivity index (χ2v) is 4.85. The van der Waals surface area contributed by atoms with Crippen LogP contribution in [0.3, 0.4) is 0 Å². The van der Waals surface area contributed by atoms with E-state index >= 15 is 0 Å². The van der Waals surface area contributed by atoms with Crippen molar-refractivity contribution in [3.8, 4) is 0 Å². The van der Waals surface area contributed by atoms with Crippen molar-refractivity contribution in [2.75, 3.05) is 26.0 Å². The van der Waals surface area contributed by atoms with E-state index in [1.807, 2.05) is 25.9 Å². The fraction of sp³-hybridized carbons (Fsp3) is 0.385. The first-order valence-electron chi connectivity index (χ1n) is 5.99. The molecular weight excluding hydrogens is 250 g/mol. The number of nitrogens with zero attached hydrogens (tertiary/aromatic N) is 3. The summed E-state index contributed by atoms with van der Waals surface area (Å²) in [6, 6.07) is 2.35. The molecule has 1 atom stereocenters. The average molecular weight is 266 g/mol. The minimum Gasteiger partial charge on any atom is -0.379 e. The molecule has 0 aliphatic carbocycles. The number of hydrogen-bond acceptors (Lipinski definition) is 4. The molecule has 4 nitrogen and oxygen atoms in total. The van der Waals surface area contributed by atoms with E-state index in [-0.39, 0.29) is 6.04 Å². The Morgan fingerprint density at radius 2 is 1.95 bits per heavy atom. The maximum atomic E-state index is 13.3. The Morgan fingerprint density at radius 1 is 1.26 bits per heavy atom. The lowest BCUT2D eigenvalue weighted by Gasteiger charge is -2.19. The lowest BCUT2D eigenvalue weighted by atomic mass is 10.2. The topological polar surface area (TPSA) is 41.0 Å². The van der Waals surface area contributed by atoms with Gasteiger partial charge in [-0.25, -0.2) is 8.78 Å². The molecular formula is C13H16F2N4. The van der Waals surface area contributed by atoms with Gasteiger partial charge in [0.15, 0.2) is 11.6 Å². The van der Waals surface area contributed by atoms with Crippen molar-refractivity contribution >= 4 is 16.6 Å². The van der Waals surface area contributed by atoms with Crippen LogP contribution in [-0.2, 0) is 0 Å². The van der Waals surface area contributed by atoms with Gasteiger partial charge < -0.3 is 10.2 Å². The van der Waals surface area contributed by atoms with Gasteiger partial charge in [-0.2, -0.15) is 10.2 Å². The summed E-state index contributed by atoms with van der Waals surface area (Å²) in [5.74, 6) is -1.80. The second kappa shape index (κ2) is 5.44. The normalized spacial score (nSPS) is 12.9. The Balaban J connectivity index is 2.35. The molecule has 1 unspecified atom stereocenters. The molecule has 0 radical (unpaired) electrons. The zero-order valence-corrected chi connectivity index (χ0v) is 11.1. The van der Waals surface area contributed by atoms with Crippen molar-refractivity contribution in [2.24, 2.45) is 0 Å². The highest BCUT2D eigenvalue weighted by Crippen LogP contribution is 2.23. The van der Waals surface area contributed by atoms with Crippen molar-refractivity contribution in [1.29, 1.82) is 0 Å². The molecule has 0 amide bonds. The highest BCUT2D eigenvalue weighted by Gasteiger charge is 2.11. The van der Waals surface area contributed by atoms with Gasteiger partial charge in [-0.1, -0.05) is 0 Å². The van der Waals surface area contributed by atoms with E-state index in [0.717, 1.165) is 18.7 Å². The standard InChI is InChI=1S/C13H16F2N4/c1-8(7-19(2)3)17-13-6-16-18-12-5-11(15)10(14)4-9(12)13/h4-6,8H,7H2,1-3H3,(H,17,18). The first-order valence-corrected chi connectivity index (χ1v) is 5.99. The molecule has 0 bridgehead atoms. The molecule has 2 aromatic rings.